The summed E-state index contributed by atoms with van der Waals surface area (Å²) in [4.78, 5) is 31.4. The number of halogens is 2. The number of carbonyl (C=O) groups is 2. The van der Waals surface area contributed by atoms with Crippen molar-refractivity contribution < 1.29 is 23.1 Å². The van der Waals surface area contributed by atoms with Gasteiger partial charge in [0.15, 0.2) is 0 Å². The molecule has 3 aromatic rings. The molecule has 1 unspecified atom stereocenters. The number of morpholine rings is 1. The number of aromatic nitrogens is 1. The maximum atomic E-state index is 14.4. The van der Waals surface area contributed by atoms with E-state index in [4.69, 9.17) is 4.74 Å². The van der Waals surface area contributed by atoms with Crippen LogP contribution in [0, 0.1) is 11.6 Å². The first-order chi connectivity index (χ1) is 16.4. The van der Waals surface area contributed by atoms with Gasteiger partial charge >= 0.3 is 0 Å². The second-order valence-electron chi connectivity index (χ2n) is 8.28. The zero-order chi connectivity index (χ0) is 23.8. The minimum Gasteiger partial charge on any atom is -0.377 e. The van der Waals surface area contributed by atoms with Crippen LogP contribution in [0.3, 0.4) is 0 Å². The van der Waals surface area contributed by atoms with Crippen molar-refractivity contribution >= 4 is 23.2 Å². The van der Waals surface area contributed by atoms with E-state index in [0.29, 0.717) is 48.0 Å². The number of fused-ring (bicyclic) bond motifs is 1. The second kappa shape index (κ2) is 8.83. The van der Waals surface area contributed by atoms with Gasteiger partial charge in [0.05, 0.1) is 54.0 Å². The highest BCUT2D eigenvalue weighted by atomic mass is 19.1. The third kappa shape index (κ3) is 3.99. The number of ether oxygens (including phenoxy) is 1. The Bertz CT molecular complexity index is 1260. The van der Waals surface area contributed by atoms with Crippen LogP contribution in [0.15, 0.2) is 48.5 Å². The highest BCUT2D eigenvalue weighted by Gasteiger charge is 2.28. The van der Waals surface area contributed by atoms with Crippen molar-refractivity contribution in [2.45, 2.75) is 19.5 Å². The van der Waals surface area contributed by atoms with Crippen molar-refractivity contribution in [2.75, 3.05) is 25.1 Å². The zero-order valence-electron chi connectivity index (χ0n) is 18.4. The molecule has 9 heteroatoms. The average molecular weight is 464 g/mol. The van der Waals surface area contributed by atoms with E-state index >= 15 is 0 Å². The van der Waals surface area contributed by atoms with Crippen LogP contribution in [0.4, 0.5) is 20.2 Å². The number of carbonyl (C=O) groups excluding carboxylic acids is 2. The van der Waals surface area contributed by atoms with Gasteiger partial charge in [-0.1, -0.05) is 6.07 Å². The SMILES string of the molecule is CC1COCCN1C(=O)c1ccc(Nc2cc(-c3c(F)cccc3F)nc3c2C(=O)NC3)cc1. The van der Waals surface area contributed by atoms with E-state index < -0.39 is 11.6 Å². The predicted octanol–water partition coefficient (Wildman–Crippen LogP) is 3.87. The molecule has 0 saturated carbocycles. The first kappa shape index (κ1) is 22.0. The number of amides is 2. The van der Waals surface area contributed by atoms with Gasteiger partial charge < -0.3 is 20.3 Å². The van der Waals surface area contributed by atoms with Crippen LogP contribution in [0.2, 0.25) is 0 Å². The Morgan fingerprint density at radius 1 is 1.15 bits per heavy atom. The van der Waals surface area contributed by atoms with Crippen molar-refractivity contribution in [1.29, 1.82) is 0 Å². The lowest BCUT2D eigenvalue weighted by molar-refractivity contribution is 0.00359. The Morgan fingerprint density at radius 2 is 1.88 bits per heavy atom. The van der Waals surface area contributed by atoms with E-state index in [0.717, 1.165) is 12.1 Å². The number of pyridine rings is 1. The van der Waals surface area contributed by atoms with Gasteiger partial charge in [-0.25, -0.2) is 13.8 Å². The molecule has 2 aromatic carbocycles. The molecule has 2 aliphatic rings. The fourth-order valence-corrected chi connectivity index (χ4v) is 4.25. The monoisotopic (exact) mass is 464 g/mol. The number of benzene rings is 2. The third-order valence-corrected chi connectivity index (χ3v) is 6.00. The first-order valence-electron chi connectivity index (χ1n) is 10.9. The molecular formula is C25H22F2N4O3. The average Bonchev–Trinajstić information content (AvgIpc) is 3.20. The largest absolute Gasteiger partial charge is 0.377 e. The topological polar surface area (TPSA) is 83.6 Å². The smallest absolute Gasteiger partial charge is 0.255 e. The molecule has 34 heavy (non-hydrogen) atoms. The number of rotatable bonds is 4. The highest BCUT2D eigenvalue weighted by molar-refractivity contribution is 6.04. The van der Waals surface area contributed by atoms with Crippen LogP contribution in [-0.2, 0) is 11.3 Å². The maximum absolute atomic E-state index is 14.4. The Balaban J connectivity index is 1.46. The van der Waals surface area contributed by atoms with Crippen molar-refractivity contribution in [3.63, 3.8) is 0 Å². The molecule has 0 radical (unpaired) electrons. The second-order valence-corrected chi connectivity index (χ2v) is 8.28. The molecule has 0 bridgehead atoms. The summed E-state index contributed by atoms with van der Waals surface area (Å²) in [5.74, 6) is -1.88. The molecule has 2 N–H and O–H groups in total. The van der Waals surface area contributed by atoms with Gasteiger partial charge in [0.1, 0.15) is 11.6 Å². The van der Waals surface area contributed by atoms with Crippen molar-refractivity contribution in [3.05, 3.63) is 77.0 Å². The molecule has 3 heterocycles. The van der Waals surface area contributed by atoms with Gasteiger partial charge in [-0.3, -0.25) is 9.59 Å². The lowest BCUT2D eigenvalue weighted by Crippen LogP contribution is -2.47. The molecule has 0 spiro atoms. The summed E-state index contributed by atoms with van der Waals surface area (Å²) in [6.07, 6.45) is 0. The van der Waals surface area contributed by atoms with Crippen LogP contribution in [0.5, 0.6) is 0 Å². The summed E-state index contributed by atoms with van der Waals surface area (Å²) in [6, 6.07) is 11.9. The van der Waals surface area contributed by atoms with Crippen LogP contribution in [0.25, 0.3) is 11.3 Å². The number of nitrogens with zero attached hydrogens (tertiary/aromatic N) is 2. The molecule has 7 nitrogen and oxygen atoms in total. The van der Waals surface area contributed by atoms with Gasteiger partial charge in [-0.2, -0.15) is 0 Å². The van der Waals surface area contributed by atoms with Crippen LogP contribution < -0.4 is 10.6 Å². The molecule has 1 fully saturated rings. The molecule has 1 atom stereocenters. The molecular weight excluding hydrogens is 442 g/mol. The van der Waals surface area contributed by atoms with Crippen LogP contribution in [-0.4, -0.2) is 47.5 Å². The Hall–Kier alpha value is -3.85. The molecule has 0 aliphatic carbocycles. The lowest BCUT2D eigenvalue weighted by Gasteiger charge is -2.33. The van der Waals surface area contributed by atoms with Crippen molar-refractivity contribution in [1.82, 2.24) is 15.2 Å². The Labute approximate surface area is 194 Å². The summed E-state index contributed by atoms with van der Waals surface area (Å²) in [5.41, 5.74) is 2.07. The minimum atomic E-state index is -0.740. The normalized spacial score (nSPS) is 17.3. The van der Waals surface area contributed by atoms with Gasteiger partial charge in [-0.05, 0) is 49.4 Å². The standard InChI is InChI=1S/C25H22F2N4O3/c1-14-13-34-10-9-31(14)25(33)15-5-7-16(8-6-15)29-20-11-19(22-17(26)3-2-4-18(22)27)30-21-12-28-24(32)23(20)21/h2-8,11,14H,9-10,12-13H2,1H3,(H,28,32)(H,29,30). The van der Waals surface area contributed by atoms with E-state index in [1.54, 1.807) is 29.2 Å². The minimum absolute atomic E-state index is 0.00540. The van der Waals surface area contributed by atoms with Crippen LogP contribution in [0.1, 0.15) is 33.3 Å². The molecule has 2 amide bonds. The summed E-state index contributed by atoms with van der Waals surface area (Å²) in [5, 5.41) is 5.84. The van der Waals surface area contributed by atoms with E-state index in [1.165, 1.54) is 12.1 Å². The summed E-state index contributed by atoms with van der Waals surface area (Å²) in [6.45, 7) is 3.66. The number of nitrogens with one attached hydrogen (secondary N) is 2. The van der Waals surface area contributed by atoms with Crippen LogP contribution >= 0.6 is 0 Å². The molecule has 1 aromatic heterocycles. The van der Waals surface area contributed by atoms with Gasteiger partial charge in [0.2, 0.25) is 0 Å². The Morgan fingerprint density at radius 3 is 2.59 bits per heavy atom. The molecule has 1 saturated heterocycles. The first-order valence-corrected chi connectivity index (χ1v) is 10.9. The van der Waals surface area contributed by atoms with E-state index in [9.17, 15) is 18.4 Å². The predicted molar refractivity (Wildman–Crippen MR) is 122 cm³/mol. The number of anilines is 2. The molecule has 5 rings (SSSR count). The maximum Gasteiger partial charge on any atom is 0.255 e. The quantitative estimate of drug-likeness (QED) is 0.613. The summed E-state index contributed by atoms with van der Waals surface area (Å²) < 4.78 is 34.2. The van der Waals surface area contributed by atoms with Gasteiger partial charge in [0.25, 0.3) is 11.8 Å². The number of hydrogen-bond donors (Lipinski definition) is 2. The fourth-order valence-electron chi connectivity index (χ4n) is 4.25. The van der Waals surface area contributed by atoms with Gasteiger partial charge in [0, 0.05) is 17.8 Å². The highest BCUT2D eigenvalue weighted by Crippen LogP contribution is 2.33. The summed E-state index contributed by atoms with van der Waals surface area (Å²) in [7, 11) is 0. The van der Waals surface area contributed by atoms with Gasteiger partial charge in [-0.15, -0.1) is 0 Å². The molecule has 174 valence electrons. The molecule has 2 aliphatic heterocycles. The van der Waals surface area contributed by atoms with E-state index in [1.807, 2.05) is 6.92 Å². The number of hydrogen-bond acceptors (Lipinski definition) is 5. The summed E-state index contributed by atoms with van der Waals surface area (Å²) >= 11 is 0. The third-order valence-electron chi connectivity index (χ3n) is 6.00. The fraction of sp³-hybridized carbons (Fsp3) is 0.240. The Kier molecular flexibility index (Phi) is 5.70. The van der Waals surface area contributed by atoms with Crippen molar-refractivity contribution in [2.24, 2.45) is 0 Å². The van der Waals surface area contributed by atoms with E-state index in [2.05, 4.69) is 15.6 Å². The van der Waals surface area contributed by atoms with Crippen molar-refractivity contribution in [3.8, 4) is 11.3 Å². The van der Waals surface area contributed by atoms with E-state index in [-0.39, 0.29) is 35.7 Å². The lowest BCUT2D eigenvalue weighted by atomic mass is 10.1. The zero-order valence-corrected chi connectivity index (χ0v) is 18.4.